The average molecular weight is 259 g/mol. The molecule has 0 radical (unpaired) electrons. The summed E-state index contributed by atoms with van der Waals surface area (Å²) < 4.78 is 0. The summed E-state index contributed by atoms with van der Waals surface area (Å²) in [6.07, 6.45) is 1.25. The maximum absolute atomic E-state index is 12.6. The van der Waals surface area contributed by atoms with Crippen LogP contribution in [0.5, 0.6) is 0 Å². The molecular weight excluding hydrogens is 242 g/mol. The minimum absolute atomic E-state index is 0.0116. The number of rotatable bonds is 2. The lowest BCUT2D eigenvalue weighted by molar-refractivity contribution is -0.140. The Hall–Kier alpha value is -1.84. The Morgan fingerprint density at radius 1 is 1.32 bits per heavy atom. The second-order valence-electron chi connectivity index (χ2n) is 6.14. The Morgan fingerprint density at radius 3 is 2.53 bits per heavy atom. The molecule has 1 heterocycles. The molecule has 1 aromatic rings. The molecule has 2 atom stereocenters. The van der Waals surface area contributed by atoms with Crippen LogP contribution in [-0.4, -0.2) is 23.0 Å². The standard InChI is InChI=1S/C15H17NO3/c1-15(2)8-10(15)13(17)16-11-6-4-3-5-9(11)7-12(16)14(18)19/h3-6,10,12H,7-8H2,1-2H3,(H,18,19). The van der Waals surface area contributed by atoms with E-state index in [-0.39, 0.29) is 17.2 Å². The van der Waals surface area contributed by atoms with Gasteiger partial charge in [-0.15, -0.1) is 0 Å². The van der Waals surface area contributed by atoms with Crippen LogP contribution in [0.3, 0.4) is 0 Å². The van der Waals surface area contributed by atoms with E-state index in [0.717, 1.165) is 17.7 Å². The molecule has 1 amide bonds. The predicted octanol–water partition coefficient (Wildman–Crippen LogP) is 2.08. The topological polar surface area (TPSA) is 57.6 Å². The summed E-state index contributed by atoms with van der Waals surface area (Å²) in [6, 6.07) is 6.72. The van der Waals surface area contributed by atoms with Crippen LogP contribution in [0.1, 0.15) is 25.8 Å². The summed E-state index contributed by atoms with van der Waals surface area (Å²) in [5.41, 5.74) is 1.72. The van der Waals surface area contributed by atoms with Crippen molar-refractivity contribution in [2.75, 3.05) is 4.90 Å². The van der Waals surface area contributed by atoms with Crippen LogP contribution < -0.4 is 4.90 Å². The van der Waals surface area contributed by atoms with Crippen molar-refractivity contribution >= 4 is 17.6 Å². The lowest BCUT2D eigenvalue weighted by atomic mass is 10.1. The molecule has 2 aliphatic rings. The average Bonchev–Trinajstić information content (AvgIpc) is 2.85. The van der Waals surface area contributed by atoms with Crippen LogP contribution >= 0.6 is 0 Å². The highest BCUT2D eigenvalue weighted by Crippen LogP contribution is 2.53. The molecule has 1 aromatic carbocycles. The molecule has 1 N–H and O–H groups in total. The monoisotopic (exact) mass is 259 g/mol. The third-order valence-electron chi connectivity index (χ3n) is 4.31. The zero-order valence-corrected chi connectivity index (χ0v) is 11.1. The molecular formula is C15H17NO3. The molecule has 4 nitrogen and oxygen atoms in total. The molecule has 2 unspecified atom stereocenters. The molecule has 100 valence electrons. The van der Waals surface area contributed by atoms with Crippen molar-refractivity contribution in [1.82, 2.24) is 0 Å². The second kappa shape index (κ2) is 3.83. The number of anilines is 1. The molecule has 19 heavy (non-hydrogen) atoms. The first-order chi connectivity index (χ1) is 8.92. The van der Waals surface area contributed by atoms with Crippen LogP contribution in [0.15, 0.2) is 24.3 Å². The van der Waals surface area contributed by atoms with Gasteiger partial charge in [-0.2, -0.15) is 0 Å². The summed E-state index contributed by atoms with van der Waals surface area (Å²) in [4.78, 5) is 25.5. The number of para-hydroxylation sites is 1. The number of carboxylic acid groups (broad SMARTS) is 1. The molecule has 0 bridgehead atoms. The maximum atomic E-state index is 12.6. The largest absolute Gasteiger partial charge is 0.480 e. The van der Waals surface area contributed by atoms with Gasteiger partial charge in [0.15, 0.2) is 0 Å². The smallest absolute Gasteiger partial charge is 0.327 e. The van der Waals surface area contributed by atoms with Gasteiger partial charge in [0.05, 0.1) is 0 Å². The fourth-order valence-electron chi connectivity index (χ4n) is 2.91. The van der Waals surface area contributed by atoms with E-state index in [9.17, 15) is 14.7 Å². The summed E-state index contributed by atoms with van der Waals surface area (Å²) >= 11 is 0. The number of hydrogen-bond acceptors (Lipinski definition) is 2. The summed E-state index contributed by atoms with van der Waals surface area (Å²) in [7, 11) is 0. The first-order valence-electron chi connectivity index (χ1n) is 6.55. The molecule has 1 aliphatic heterocycles. The van der Waals surface area contributed by atoms with Gasteiger partial charge in [-0.05, 0) is 23.5 Å². The quantitative estimate of drug-likeness (QED) is 0.884. The van der Waals surface area contributed by atoms with Crippen LogP contribution in [0.2, 0.25) is 0 Å². The predicted molar refractivity (Wildman–Crippen MR) is 70.9 cm³/mol. The van der Waals surface area contributed by atoms with Gasteiger partial charge in [-0.1, -0.05) is 32.0 Å². The van der Waals surface area contributed by atoms with Gasteiger partial charge < -0.3 is 5.11 Å². The van der Waals surface area contributed by atoms with E-state index in [1.807, 2.05) is 38.1 Å². The van der Waals surface area contributed by atoms with E-state index >= 15 is 0 Å². The van der Waals surface area contributed by atoms with Crippen molar-refractivity contribution in [3.05, 3.63) is 29.8 Å². The van der Waals surface area contributed by atoms with E-state index in [1.165, 1.54) is 4.90 Å². The zero-order valence-electron chi connectivity index (χ0n) is 11.1. The third kappa shape index (κ3) is 1.82. The van der Waals surface area contributed by atoms with Crippen molar-refractivity contribution in [2.24, 2.45) is 11.3 Å². The molecule has 1 fully saturated rings. The Balaban J connectivity index is 1.97. The molecule has 3 rings (SSSR count). The molecule has 4 heteroatoms. The number of carbonyl (C=O) groups excluding carboxylic acids is 1. The van der Waals surface area contributed by atoms with E-state index in [1.54, 1.807) is 0 Å². The fraction of sp³-hybridized carbons (Fsp3) is 0.467. The Morgan fingerprint density at radius 2 is 1.95 bits per heavy atom. The van der Waals surface area contributed by atoms with Gasteiger partial charge in [0, 0.05) is 18.0 Å². The number of hydrogen-bond donors (Lipinski definition) is 1. The van der Waals surface area contributed by atoms with Crippen molar-refractivity contribution in [3.63, 3.8) is 0 Å². The highest BCUT2D eigenvalue weighted by molar-refractivity contribution is 6.04. The minimum atomic E-state index is -0.928. The number of nitrogens with zero attached hydrogens (tertiary/aromatic N) is 1. The highest BCUT2D eigenvalue weighted by atomic mass is 16.4. The normalized spacial score (nSPS) is 26.9. The van der Waals surface area contributed by atoms with Crippen LogP contribution in [0.4, 0.5) is 5.69 Å². The summed E-state index contributed by atoms with van der Waals surface area (Å²) in [6.45, 7) is 4.10. The molecule has 0 aromatic heterocycles. The zero-order chi connectivity index (χ0) is 13.8. The van der Waals surface area contributed by atoms with Crippen LogP contribution in [-0.2, 0) is 16.0 Å². The van der Waals surface area contributed by atoms with E-state index < -0.39 is 12.0 Å². The number of amides is 1. The van der Waals surface area contributed by atoms with E-state index in [0.29, 0.717) is 6.42 Å². The van der Waals surface area contributed by atoms with Gasteiger partial charge in [-0.25, -0.2) is 4.79 Å². The minimum Gasteiger partial charge on any atom is -0.480 e. The van der Waals surface area contributed by atoms with Gasteiger partial charge in [0.1, 0.15) is 6.04 Å². The van der Waals surface area contributed by atoms with Gasteiger partial charge >= 0.3 is 5.97 Å². The van der Waals surface area contributed by atoms with Crippen molar-refractivity contribution < 1.29 is 14.7 Å². The number of benzene rings is 1. The van der Waals surface area contributed by atoms with Gasteiger partial charge in [0.2, 0.25) is 5.91 Å². The highest BCUT2D eigenvalue weighted by Gasteiger charge is 2.54. The fourth-order valence-corrected chi connectivity index (χ4v) is 2.91. The van der Waals surface area contributed by atoms with E-state index in [4.69, 9.17) is 0 Å². The molecule has 1 saturated carbocycles. The third-order valence-corrected chi connectivity index (χ3v) is 4.31. The first kappa shape index (κ1) is 12.2. The lowest BCUT2D eigenvalue weighted by Gasteiger charge is -2.23. The van der Waals surface area contributed by atoms with E-state index in [2.05, 4.69) is 0 Å². The van der Waals surface area contributed by atoms with Crippen molar-refractivity contribution in [2.45, 2.75) is 32.7 Å². The Kier molecular flexibility index (Phi) is 2.46. The SMILES string of the molecule is CC1(C)CC1C(=O)N1c2ccccc2CC1C(=O)O. The van der Waals surface area contributed by atoms with Gasteiger partial charge in [-0.3, -0.25) is 9.69 Å². The maximum Gasteiger partial charge on any atom is 0.327 e. The van der Waals surface area contributed by atoms with Crippen LogP contribution in [0, 0.1) is 11.3 Å². The summed E-state index contributed by atoms with van der Waals surface area (Å²) in [5, 5.41) is 9.34. The molecule has 0 spiro atoms. The number of carboxylic acids is 1. The van der Waals surface area contributed by atoms with Crippen molar-refractivity contribution in [3.8, 4) is 0 Å². The Bertz CT molecular complexity index is 564. The molecule has 0 saturated heterocycles. The van der Waals surface area contributed by atoms with Crippen molar-refractivity contribution in [1.29, 1.82) is 0 Å². The summed E-state index contributed by atoms with van der Waals surface area (Å²) in [5.74, 6) is -1.01. The second-order valence-corrected chi connectivity index (χ2v) is 6.14. The van der Waals surface area contributed by atoms with Crippen LogP contribution in [0.25, 0.3) is 0 Å². The van der Waals surface area contributed by atoms with Gasteiger partial charge in [0.25, 0.3) is 0 Å². The molecule has 1 aliphatic carbocycles. The lowest BCUT2D eigenvalue weighted by Crippen LogP contribution is -2.44. The Labute approximate surface area is 112 Å². The number of carbonyl (C=O) groups is 2. The number of aliphatic carboxylic acids is 1. The number of fused-ring (bicyclic) bond motifs is 1. The first-order valence-corrected chi connectivity index (χ1v) is 6.55.